The Hall–Kier alpha value is -3.88. The van der Waals surface area contributed by atoms with Gasteiger partial charge in [-0.1, -0.05) is 31.5 Å². The second-order valence-corrected chi connectivity index (χ2v) is 10.8. The third-order valence-corrected chi connectivity index (χ3v) is 6.67. The molecule has 0 atom stereocenters. The quantitative estimate of drug-likeness (QED) is 0.195. The molecule has 6 aromatic rings. The minimum atomic E-state index is -0.441. The van der Waals surface area contributed by atoms with Crippen molar-refractivity contribution in [1.82, 2.24) is 19.6 Å². The number of nitriles is 1. The molecule has 0 aliphatic heterocycles. The smallest absolute Gasteiger partial charge is 0.519 e. The van der Waals surface area contributed by atoms with Gasteiger partial charge in [-0.3, -0.25) is 9.36 Å². The molecular formula is C30H25N5O2Pt. The van der Waals surface area contributed by atoms with Crippen LogP contribution in [0.3, 0.4) is 0 Å². The summed E-state index contributed by atoms with van der Waals surface area (Å²) < 4.78 is 15.1. The predicted octanol–water partition coefficient (Wildman–Crippen LogP) is 6.64. The third-order valence-electron chi connectivity index (χ3n) is 6.67. The zero-order valence-electron chi connectivity index (χ0n) is 21.6. The first-order valence-corrected chi connectivity index (χ1v) is 12.1. The Kier molecular flexibility index (Phi) is 6.20. The van der Waals surface area contributed by atoms with E-state index in [0.717, 1.165) is 44.9 Å². The van der Waals surface area contributed by atoms with Crippen LogP contribution >= 0.6 is 0 Å². The van der Waals surface area contributed by atoms with Crippen LogP contribution in [-0.4, -0.2) is 19.6 Å². The van der Waals surface area contributed by atoms with Crippen LogP contribution in [0, 0.1) is 23.5 Å². The van der Waals surface area contributed by atoms with Crippen molar-refractivity contribution in [1.29, 1.82) is 5.26 Å². The molecular weight excluding hydrogens is 657 g/mol. The number of hydrogen-bond acceptors (Lipinski definition) is 5. The van der Waals surface area contributed by atoms with Crippen molar-refractivity contribution in [2.45, 2.75) is 45.4 Å². The second-order valence-electron chi connectivity index (χ2n) is 10.8. The molecule has 8 heteroatoms. The molecule has 0 radical (unpaired) electrons. The van der Waals surface area contributed by atoms with E-state index in [-0.39, 0.29) is 32.2 Å². The van der Waals surface area contributed by atoms with E-state index in [0.29, 0.717) is 5.58 Å². The predicted molar refractivity (Wildman–Crippen MR) is 140 cm³/mol. The fourth-order valence-electron chi connectivity index (χ4n) is 4.35. The van der Waals surface area contributed by atoms with E-state index in [2.05, 4.69) is 52.8 Å². The van der Waals surface area contributed by atoms with E-state index in [4.69, 9.17) is 24.3 Å². The van der Waals surface area contributed by atoms with Crippen molar-refractivity contribution in [3.63, 3.8) is 0 Å². The molecule has 0 bridgehead atoms. The summed E-state index contributed by atoms with van der Waals surface area (Å²) in [7, 11) is 0. The molecule has 0 aliphatic rings. The Balaban J connectivity index is 0.00000294. The van der Waals surface area contributed by atoms with Crippen LogP contribution in [0.5, 0.6) is 0 Å². The van der Waals surface area contributed by atoms with Crippen LogP contribution in [0.1, 0.15) is 57.5 Å². The molecule has 0 fully saturated rings. The largest absolute Gasteiger partial charge is 2.00 e. The minimum absolute atomic E-state index is 0. The monoisotopic (exact) mass is 682 g/mol. The molecule has 38 heavy (non-hydrogen) atoms. The first kappa shape index (κ1) is 25.8. The van der Waals surface area contributed by atoms with Gasteiger partial charge in [-0.05, 0) is 49.5 Å². The molecule has 0 saturated carbocycles. The van der Waals surface area contributed by atoms with Gasteiger partial charge in [0.1, 0.15) is 6.07 Å². The maximum atomic E-state index is 9.09. The summed E-state index contributed by atoms with van der Waals surface area (Å²) >= 11 is 0. The topological polar surface area (TPSA) is 85.7 Å². The van der Waals surface area contributed by atoms with E-state index in [1.54, 1.807) is 16.8 Å². The van der Waals surface area contributed by atoms with Crippen molar-refractivity contribution in [2.24, 2.45) is 0 Å². The third kappa shape index (κ3) is 4.40. The maximum absolute atomic E-state index is 9.09. The van der Waals surface area contributed by atoms with Gasteiger partial charge in [0, 0.05) is 29.0 Å². The van der Waals surface area contributed by atoms with Crippen LogP contribution in [0.4, 0.5) is 0 Å². The molecule has 0 amide bonds. The number of furan rings is 2. The van der Waals surface area contributed by atoms with Gasteiger partial charge in [0.05, 0.1) is 22.6 Å². The van der Waals surface area contributed by atoms with Crippen molar-refractivity contribution < 1.29 is 29.9 Å². The van der Waals surface area contributed by atoms with E-state index < -0.39 is 5.41 Å². The van der Waals surface area contributed by atoms with Crippen LogP contribution in [0.2, 0.25) is 0 Å². The van der Waals surface area contributed by atoms with Gasteiger partial charge in [-0.2, -0.15) is 27.6 Å². The SMILES string of the molecule is CC(C)(C)c1cc2cc(-n3ccc(C(C)(C)c4ccn(-c5[c-]cc6oc(C#N)cc6c5)n4)n3)[c-]cc2o1.[Pt+2]. The summed E-state index contributed by atoms with van der Waals surface area (Å²) in [5, 5.41) is 20.7. The second kappa shape index (κ2) is 9.15. The number of aromatic nitrogens is 4. The summed E-state index contributed by atoms with van der Waals surface area (Å²) in [6, 6.07) is 23.9. The maximum Gasteiger partial charge on any atom is 2.00 e. The van der Waals surface area contributed by atoms with Gasteiger partial charge in [-0.25, -0.2) is 0 Å². The van der Waals surface area contributed by atoms with E-state index >= 15 is 0 Å². The van der Waals surface area contributed by atoms with Gasteiger partial charge >= 0.3 is 21.1 Å². The summed E-state index contributed by atoms with van der Waals surface area (Å²) in [5.41, 5.74) is 4.32. The molecule has 4 aromatic heterocycles. The van der Waals surface area contributed by atoms with Crippen molar-refractivity contribution in [3.05, 3.63) is 96.0 Å². The van der Waals surface area contributed by atoms with Gasteiger partial charge < -0.3 is 8.83 Å². The number of rotatable bonds is 4. The molecule has 0 N–H and O–H groups in total. The number of hydrogen-bond donors (Lipinski definition) is 0. The summed E-state index contributed by atoms with van der Waals surface area (Å²) in [6.07, 6.45) is 3.86. The van der Waals surface area contributed by atoms with Gasteiger partial charge in [0.15, 0.2) is 5.76 Å². The van der Waals surface area contributed by atoms with Crippen molar-refractivity contribution in [3.8, 4) is 17.4 Å². The fraction of sp³-hybridized carbons (Fsp3) is 0.233. The summed E-state index contributed by atoms with van der Waals surface area (Å²) in [4.78, 5) is 0. The van der Waals surface area contributed by atoms with Crippen LogP contribution in [-0.2, 0) is 31.9 Å². The Morgan fingerprint density at radius 1 is 0.789 bits per heavy atom. The average Bonchev–Trinajstić information content (AvgIpc) is 3.66. The molecule has 0 aliphatic carbocycles. The average molecular weight is 683 g/mol. The van der Waals surface area contributed by atoms with Gasteiger partial charge in [0.2, 0.25) is 0 Å². The molecule has 4 heterocycles. The van der Waals surface area contributed by atoms with E-state index in [1.807, 2.05) is 53.5 Å². The number of nitrogens with zero attached hydrogens (tertiary/aromatic N) is 5. The standard InChI is InChI=1S/C30H25N5O2.Pt/c1-29(2,3)28-17-20-15-22(7-9-25(20)37-28)35-13-11-27(33-35)30(4,5)26-10-12-34(32-26)21-6-8-24-19(14-21)16-23(18-31)36-24;/h8-17H,1-5H3;/q-2;+2. The van der Waals surface area contributed by atoms with E-state index in [9.17, 15) is 0 Å². The Labute approximate surface area is 234 Å². The normalized spacial score (nSPS) is 12.1. The van der Waals surface area contributed by atoms with Crippen molar-refractivity contribution in [2.75, 3.05) is 0 Å². The first-order chi connectivity index (χ1) is 17.6. The Bertz CT molecular complexity index is 1820. The zero-order valence-corrected chi connectivity index (χ0v) is 23.9. The first-order valence-electron chi connectivity index (χ1n) is 12.1. The van der Waals surface area contributed by atoms with E-state index in [1.165, 1.54) is 0 Å². The number of fused-ring (bicyclic) bond motifs is 2. The minimum Gasteiger partial charge on any atom is -0.519 e. The molecule has 7 nitrogen and oxygen atoms in total. The molecule has 192 valence electrons. The molecule has 0 unspecified atom stereocenters. The Morgan fingerprint density at radius 2 is 1.32 bits per heavy atom. The van der Waals surface area contributed by atoms with Gasteiger partial charge in [-0.15, -0.1) is 24.3 Å². The van der Waals surface area contributed by atoms with Crippen LogP contribution in [0.15, 0.2) is 69.8 Å². The number of benzene rings is 2. The van der Waals surface area contributed by atoms with Crippen LogP contribution in [0.25, 0.3) is 33.3 Å². The Morgan fingerprint density at radius 3 is 1.84 bits per heavy atom. The molecule has 0 spiro atoms. The fourth-order valence-corrected chi connectivity index (χ4v) is 4.35. The molecule has 6 rings (SSSR count). The van der Waals surface area contributed by atoms with Crippen molar-refractivity contribution >= 4 is 21.9 Å². The van der Waals surface area contributed by atoms with Crippen LogP contribution < -0.4 is 0 Å². The zero-order chi connectivity index (χ0) is 25.9. The summed E-state index contributed by atoms with van der Waals surface area (Å²) in [6.45, 7) is 10.6. The van der Waals surface area contributed by atoms with Gasteiger partial charge in [0.25, 0.3) is 0 Å². The molecule has 0 saturated heterocycles. The summed E-state index contributed by atoms with van der Waals surface area (Å²) in [5.74, 6) is 1.22. The molecule has 2 aromatic carbocycles.